The van der Waals surface area contributed by atoms with E-state index in [1.165, 1.54) is 11.3 Å². The molecule has 1 atom stereocenters. The summed E-state index contributed by atoms with van der Waals surface area (Å²) in [6, 6.07) is 0. The highest BCUT2D eigenvalue weighted by Gasteiger charge is 2.16. The Morgan fingerprint density at radius 2 is 2.22 bits per heavy atom. The summed E-state index contributed by atoms with van der Waals surface area (Å²) in [5.74, 6) is 0. The molecule has 0 amide bonds. The molecule has 1 saturated heterocycles. The van der Waals surface area contributed by atoms with Gasteiger partial charge in [0.05, 0.1) is 31.6 Å². The van der Waals surface area contributed by atoms with E-state index >= 15 is 0 Å². The lowest BCUT2D eigenvalue weighted by Crippen LogP contribution is -2.39. The lowest BCUT2D eigenvalue weighted by Gasteiger charge is -2.27. The maximum atomic E-state index is 5.65. The third-order valence-corrected chi connectivity index (χ3v) is 3.42. The van der Waals surface area contributed by atoms with E-state index in [-0.39, 0.29) is 6.10 Å². The molecule has 1 N–H and O–H groups in total. The summed E-state index contributed by atoms with van der Waals surface area (Å²) < 4.78 is 11.1. The third-order valence-electron chi connectivity index (χ3n) is 3.42. The summed E-state index contributed by atoms with van der Waals surface area (Å²) in [6.45, 7) is 8.24. The van der Waals surface area contributed by atoms with E-state index in [0.29, 0.717) is 6.61 Å². The average molecular weight is 253 g/mol. The lowest BCUT2D eigenvalue weighted by molar-refractivity contribution is -0.0956. The molecule has 0 aromatic carbocycles. The maximum Gasteiger partial charge on any atom is 0.0936 e. The molecule has 1 aliphatic rings. The molecule has 0 spiro atoms. The Morgan fingerprint density at radius 1 is 1.39 bits per heavy atom. The summed E-state index contributed by atoms with van der Waals surface area (Å²) in [7, 11) is 2.13. The molecule has 1 fully saturated rings. The van der Waals surface area contributed by atoms with Crippen LogP contribution in [0.25, 0.3) is 0 Å². The monoisotopic (exact) mass is 253 g/mol. The van der Waals surface area contributed by atoms with Crippen molar-refractivity contribution < 1.29 is 9.47 Å². The quantitative estimate of drug-likeness (QED) is 0.847. The maximum absolute atomic E-state index is 5.65. The summed E-state index contributed by atoms with van der Waals surface area (Å²) in [4.78, 5) is 2.30. The molecule has 1 aliphatic heterocycles. The first-order valence-corrected chi connectivity index (χ1v) is 6.55. The molecule has 1 aromatic heterocycles. The Labute approximate surface area is 108 Å². The fourth-order valence-corrected chi connectivity index (χ4v) is 2.33. The predicted molar refractivity (Wildman–Crippen MR) is 69.8 cm³/mol. The Bertz CT molecular complexity index is 353. The van der Waals surface area contributed by atoms with E-state index in [1.54, 1.807) is 0 Å². The SMILES string of the molecule is Cc1n[nH]c(C)c1CCN(C)CC1COCCO1. The Morgan fingerprint density at radius 3 is 2.83 bits per heavy atom. The van der Waals surface area contributed by atoms with Gasteiger partial charge in [-0.2, -0.15) is 5.10 Å². The van der Waals surface area contributed by atoms with Gasteiger partial charge in [-0.1, -0.05) is 0 Å². The molecule has 102 valence electrons. The van der Waals surface area contributed by atoms with Gasteiger partial charge in [0.2, 0.25) is 0 Å². The fraction of sp³-hybridized carbons (Fsp3) is 0.769. The van der Waals surface area contributed by atoms with Crippen LogP contribution in [-0.4, -0.2) is 61.2 Å². The number of H-pyrrole nitrogens is 1. The predicted octanol–water partition coefficient (Wildman–Crippen LogP) is 0.916. The summed E-state index contributed by atoms with van der Waals surface area (Å²) in [5.41, 5.74) is 3.62. The van der Waals surface area contributed by atoms with Crippen LogP contribution in [0.2, 0.25) is 0 Å². The van der Waals surface area contributed by atoms with Crippen LogP contribution in [0.1, 0.15) is 17.0 Å². The Hall–Kier alpha value is -0.910. The number of nitrogens with one attached hydrogen (secondary N) is 1. The average Bonchev–Trinajstić information content (AvgIpc) is 2.68. The number of aromatic amines is 1. The molecule has 0 radical (unpaired) electrons. The minimum Gasteiger partial charge on any atom is -0.376 e. The number of likely N-dealkylation sites (N-methyl/N-ethyl adjacent to an activating group) is 1. The normalized spacial score (nSPS) is 20.6. The van der Waals surface area contributed by atoms with Gasteiger partial charge in [-0.25, -0.2) is 0 Å². The number of nitrogens with zero attached hydrogens (tertiary/aromatic N) is 2. The van der Waals surface area contributed by atoms with Crippen LogP contribution in [0, 0.1) is 13.8 Å². The smallest absolute Gasteiger partial charge is 0.0936 e. The zero-order chi connectivity index (χ0) is 13.0. The zero-order valence-corrected chi connectivity index (χ0v) is 11.5. The topological polar surface area (TPSA) is 50.4 Å². The third kappa shape index (κ3) is 3.54. The summed E-state index contributed by atoms with van der Waals surface area (Å²) in [5, 5.41) is 7.25. The van der Waals surface area contributed by atoms with Gasteiger partial charge in [-0.15, -0.1) is 0 Å². The van der Waals surface area contributed by atoms with E-state index in [0.717, 1.165) is 38.4 Å². The van der Waals surface area contributed by atoms with Crippen LogP contribution in [0.4, 0.5) is 0 Å². The molecule has 5 heteroatoms. The summed E-state index contributed by atoms with van der Waals surface area (Å²) >= 11 is 0. The molecular formula is C13H23N3O2. The largest absolute Gasteiger partial charge is 0.376 e. The second-order valence-corrected chi connectivity index (χ2v) is 4.99. The van der Waals surface area contributed by atoms with E-state index in [1.807, 2.05) is 0 Å². The van der Waals surface area contributed by atoms with E-state index in [2.05, 4.69) is 36.0 Å². The highest BCUT2D eigenvalue weighted by atomic mass is 16.6. The molecule has 1 aromatic rings. The van der Waals surface area contributed by atoms with Gasteiger partial charge < -0.3 is 14.4 Å². The molecule has 18 heavy (non-hydrogen) atoms. The molecule has 5 nitrogen and oxygen atoms in total. The highest BCUT2D eigenvalue weighted by Crippen LogP contribution is 2.11. The van der Waals surface area contributed by atoms with Gasteiger partial charge in [-0.3, -0.25) is 5.10 Å². The van der Waals surface area contributed by atoms with Crippen LogP contribution < -0.4 is 0 Å². The standard InChI is InChI=1S/C13H23N3O2/c1-10-13(11(2)15-14-10)4-5-16(3)8-12-9-17-6-7-18-12/h12H,4-9H2,1-3H3,(H,14,15). The van der Waals surface area contributed by atoms with Crippen molar-refractivity contribution in [3.8, 4) is 0 Å². The van der Waals surface area contributed by atoms with Crippen molar-refractivity contribution in [3.63, 3.8) is 0 Å². The van der Waals surface area contributed by atoms with Crippen LogP contribution in [-0.2, 0) is 15.9 Å². The number of hydrogen-bond donors (Lipinski definition) is 1. The van der Waals surface area contributed by atoms with E-state index < -0.39 is 0 Å². The Kier molecular flexibility index (Phi) is 4.74. The zero-order valence-electron chi connectivity index (χ0n) is 11.5. The van der Waals surface area contributed by atoms with Crippen LogP contribution in [0.5, 0.6) is 0 Å². The minimum atomic E-state index is 0.218. The van der Waals surface area contributed by atoms with E-state index in [9.17, 15) is 0 Å². The highest BCUT2D eigenvalue weighted by molar-refractivity contribution is 5.23. The van der Waals surface area contributed by atoms with Crippen molar-refractivity contribution in [2.75, 3.05) is 40.0 Å². The van der Waals surface area contributed by atoms with Gasteiger partial charge >= 0.3 is 0 Å². The van der Waals surface area contributed by atoms with Crippen LogP contribution >= 0.6 is 0 Å². The van der Waals surface area contributed by atoms with Gasteiger partial charge in [-0.05, 0) is 32.9 Å². The number of hydrogen-bond acceptors (Lipinski definition) is 4. The molecule has 0 aliphatic carbocycles. The second-order valence-electron chi connectivity index (χ2n) is 4.99. The minimum absolute atomic E-state index is 0.218. The first kappa shape index (κ1) is 13.5. The van der Waals surface area contributed by atoms with Crippen molar-refractivity contribution in [3.05, 3.63) is 17.0 Å². The first-order chi connectivity index (χ1) is 8.66. The molecule has 0 bridgehead atoms. The molecule has 2 heterocycles. The molecule has 0 saturated carbocycles. The van der Waals surface area contributed by atoms with Crippen molar-refractivity contribution in [1.29, 1.82) is 0 Å². The first-order valence-electron chi connectivity index (χ1n) is 6.55. The van der Waals surface area contributed by atoms with Crippen molar-refractivity contribution >= 4 is 0 Å². The fourth-order valence-electron chi connectivity index (χ4n) is 2.33. The van der Waals surface area contributed by atoms with Gasteiger partial charge in [0.15, 0.2) is 0 Å². The summed E-state index contributed by atoms with van der Waals surface area (Å²) in [6.07, 6.45) is 1.24. The van der Waals surface area contributed by atoms with Crippen LogP contribution in [0.3, 0.4) is 0 Å². The second kappa shape index (κ2) is 6.31. The molecule has 1 unspecified atom stereocenters. The number of aromatic nitrogens is 2. The van der Waals surface area contributed by atoms with Gasteiger partial charge in [0.25, 0.3) is 0 Å². The Balaban J connectivity index is 1.75. The number of ether oxygens (including phenoxy) is 2. The van der Waals surface area contributed by atoms with E-state index in [4.69, 9.17) is 9.47 Å². The van der Waals surface area contributed by atoms with Crippen molar-refractivity contribution in [1.82, 2.24) is 15.1 Å². The molecular weight excluding hydrogens is 230 g/mol. The number of rotatable bonds is 5. The number of aryl methyl sites for hydroxylation is 2. The van der Waals surface area contributed by atoms with Crippen LogP contribution in [0.15, 0.2) is 0 Å². The van der Waals surface area contributed by atoms with Crippen molar-refractivity contribution in [2.45, 2.75) is 26.4 Å². The van der Waals surface area contributed by atoms with Crippen molar-refractivity contribution in [2.24, 2.45) is 0 Å². The van der Waals surface area contributed by atoms with Gasteiger partial charge in [0.1, 0.15) is 0 Å². The van der Waals surface area contributed by atoms with Gasteiger partial charge in [0, 0.05) is 18.8 Å². The lowest BCUT2D eigenvalue weighted by atomic mass is 10.1. The molecule has 2 rings (SSSR count).